The quantitative estimate of drug-likeness (QED) is 0.244. The number of rotatable bonds is 8. The normalized spacial score (nSPS) is 10.9. The van der Waals surface area contributed by atoms with Gasteiger partial charge in [0, 0.05) is 42.2 Å². The number of nitrogens with one attached hydrogen (secondary N) is 2. The van der Waals surface area contributed by atoms with Gasteiger partial charge in [-0.2, -0.15) is 0 Å². The number of anilines is 2. The maximum Gasteiger partial charge on any atom is 0.197 e. The third kappa shape index (κ3) is 6.05. The van der Waals surface area contributed by atoms with Crippen molar-refractivity contribution in [3.8, 4) is 0 Å². The lowest BCUT2D eigenvalue weighted by molar-refractivity contribution is 0.475. The van der Waals surface area contributed by atoms with Gasteiger partial charge in [0.1, 0.15) is 12.3 Å². The average Bonchev–Trinajstić information content (AvgIpc) is 3.67. The van der Waals surface area contributed by atoms with Crippen LogP contribution in [0.25, 0.3) is 0 Å². The highest BCUT2D eigenvalue weighted by Gasteiger charge is 2.07. The van der Waals surface area contributed by atoms with Crippen molar-refractivity contribution >= 4 is 11.9 Å². The first-order valence-corrected chi connectivity index (χ1v) is 11.0. The number of hydrogen-bond donors (Lipinski definition) is 4. The third-order valence-corrected chi connectivity index (χ3v) is 5.03. The Morgan fingerprint density at radius 3 is 1.94 bits per heavy atom. The van der Waals surface area contributed by atoms with E-state index < -0.39 is 0 Å². The zero-order chi connectivity index (χ0) is 24.7. The van der Waals surface area contributed by atoms with Crippen LogP contribution in [0.5, 0.6) is 0 Å². The Morgan fingerprint density at radius 1 is 0.806 bits per heavy atom. The molecule has 6 aromatic heterocycles. The van der Waals surface area contributed by atoms with Crippen LogP contribution in [0.3, 0.4) is 0 Å². The topological polar surface area (TPSA) is 197 Å². The Hall–Kier alpha value is -5.14. The van der Waals surface area contributed by atoms with E-state index in [0.29, 0.717) is 37.8 Å². The van der Waals surface area contributed by atoms with Gasteiger partial charge in [-0.3, -0.25) is 0 Å². The standard InChI is InChI=1S/2C11H12N6O/c12-11-13-4-9(14-11)3-10-6-17(16-15-10)5-8-1-2-18-7-8;12-11-13-5-8(14-11)4-9-6-17(16-15-9)7-10-2-1-3-18-10/h1-2,4,6-7H,3,5H2,(H3,12,13,14);1-3,5-6H,4,7H2,(H3,12,13,14). The number of nitrogens with zero attached hydrogens (tertiary/aromatic N) is 8. The zero-order valence-electron chi connectivity index (χ0n) is 19.2. The third-order valence-electron chi connectivity index (χ3n) is 5.03. The van der Waals surface area contributed by atoms with Crippen LogP contribution in [0.2, 0.25) is 0 Å². The summed E-state index contributed by atoms with van der Waals surface area (Å²) < 4.78 is 13.7. The summed E-state index contributed by atoms with van der Waals surface area (Å²) in [7, 11) is 0. The fourth-order valence-electron chi connectivity index (χ4n) is 3.45. The van der Waals surface area contributed by atoms with E-state index in [9.17, 15) is 0 Å². The molecule has 0 saturated heterocycles. The number of imidazole rings is 2. The first kappa shape index (κ1) is 22.6. The summed E-state index contributed by atoms with van der Waals surface area (Å²) in [6.07, 6.45) is 13.4. The van der Waals surface area contributed by atoms with Crippen LogP contribution < -0.4 is 11.5 Å². The number of H-pyrrole nitrogens is 2. The molecular formula is C22H24N12O2. The lowest BCUT2D eigenvalue weighted by Crippen LogP contribution is -1.98. The molecule has 0 unspecified atom stereocenters. The van der Waals surface area contributed by atoms with Gasteiger partial charge in [0.2, 0.25) is 0 Å². The van der Waals surface area contributed by atoms with Crippen LogP contribution in [-0.4, -0.2) is 49.9 Å². The average molecular weight is 489 g/mol. The van der Waals surface area contributed by atoms with Crippen LogP contribution in [0.1, 0.15) is 34.1 Å². The summed E-state index contributed by atoms with van der Waals surface area (Å²) in [4.78, 5) is 13.8. The summed E-state index contributed by atoms with van der Waals surface area (Å²) in [5.74, 6) is 1.67. The SMILES string of the molecule is Nc1ncc(Cc2cn(Cc3ccco3)nn2)[nH]1.Nc1ncc(Cc2cn(Cc3ccoc3)nn2)[nH]1. The Labute approximate surface area is 204 Å². The minimum atomic E-state index is 0.410. The van der Waals surface area contributed by atoms with Gasteiger partial charge in [-0.05, 0) is 18.2 Å². The van der Waals surface area contributed by atoms with Crippen molar-refractivity contribution in [2.75, 3.05) is 11.5 Å². The fraction of sp³-hybridized carbons (Fsp3) is 0.182. The second kappa shape index (κ2) is 10.4. The maximum absolute atomic E-state index is 5.51. The predicted molar refractivity (Wildman–Crippen MR) is 127 cm³/mol. The van der Waals surface area contributed by atoms with Crippen molar-refractivity contribution in [1.29, 1.82) is 0 Å². The Bertz CT molecular complexity index is 1360. The molecule has 0 amide bonds. The zero-order valence-corrected chi connectivity index (χ0v) is 19.2. The van der Waals surface area contributed by atoms with Crippen LogP contribution in [0.4, 0.5) is 11.9 Å². The summed E-state index contributed by atoms with van der Waals surface area (Å²) in [6, 6.07) is 5.65. The molecule has 0 aliphatic rings. The fourth-order valence-corrected chi connectivity index (χ4v) is 3.45. The predicted octanol–water partition coefficient (Wildman–Crippen LogP) is 1.63. The van der Waals surface area contributed by atoms with Gasteiger partial charge in [-0.25, -0.2) is 19.3 Å². The van der Waals surface area contributed by atoms with Crippen LogP contribution in [0.15, 0.2) is 70.6 Å². The van der Waals surface area contributed by atoms with E-state index in [-0.39, 0.29) is 0 Å². The molecule has 6 aromatic rings. The van der Waals surface area contributed by atoms with Crippen molar-refractivity contribution in [1.82, 2.24) is 49.9 Å². The van der Waals surface area contributed by atoms with E-state index in [1.165, 1.54) is 0 Å². The summed E-state index contributed by atoms with van der Waals surface area (Å²) in [6.45, 7) is 1.22. The summed E-state index contributed by atoms with van der Waals surface area (Å²) in [5, 5.41) is 16.3. The lowest BCUT2D eigenvalue weighted by atomic mass is 10.3. The molecule has 6 rings (SSSR count). The minimum absolute atomic E-state index is 0.410. The van der Waals surface area contributed by atoms with Gasteiger partial charge in [-0.1, -0.05) is 10.4 Å². The summed E-state index contributed by atoms with van der Waals surface area (Å²) >= 11 is 0. The van der Waals surface area contributed by atoms with Crippen molar-refractivity contribution in [2.45, 2.75) is 25.9 Å². The first-order valence-electron chi connectivity index (χ1n) is 11.0. The van der Waals surface area contributed by atoms with E-state index in [0.717, 1.165) is 34.1 Å². The van der Waals surface area contributed by atoms with Crippen LogP contribution in [-0.2, 0) is 25.9 Å². The maximum atomic E-state index is 5.51. The molecule has 184 valence electrons. The molecule has 0 bridgehead atoms. The highest BCUT2D eigenvalue weighted by molar-refractivity contribution is 5.22. The van der Waals surface area contributed by atoms with Crippen molar-refractivity contribution < 1.29 is 8.83 Å². The molecule has 6 heterocycles. The number of nitrogen functional groups attached to an aromatic ring is 2. The van der Waals surface area contributed by atoms with E-state index in [1.54, 1.807) is 40.5 Å². The number of aromatic nitrogens is 10. The Kier molecular flexibility index (Phi) is 6.55. The molecule has 0 aromatic carbocycles. The molecule has 0 saturated carbocycles. The molecule has 0 aliphatic heterocycles. The first-order chi connectivity index (χ1) is 17.6. The number of aromatic amines is 2. The van der Waals surface area contributed by atoms with E-state index in [1.807, 2.05) is 30.6 Å². The molecule has 36 heavy (non-hydrogen) atoms. The largest absolute Gasteiger partial charge is 0.472 e. The minimum Gasteiger partial charge on any atom is -0.472 e. The van der Waals surface area contributed by atoms with Gasteiger partial charge in [0.15, 0.2) is 11.9 Å². The van der Waals surface area contributed by atoms with Crippen molar-refractivity contribution in [3.05, 3.63) is 95.9 Å². The Morgan fingerprint density at radius 2 is 1.44 bits per heavy atom. The smallest absolute Gasteiger partial charge is 0.197 e. The molecule has 0 atom stereocenters. The van der Waals surface area contributed by atoms with E-state index in [4.69, 9.17) is 20.3 Å². The number of nitrogens with two attached hydrogens (primary N) is 2. The molecule has 14 heteroatoms. The highest BCUT2D eigenvalue weighted by atomic mass is 16.3. The van der Waals surface area contributed by atoms with Gasteiger partial charge in [0.25, 0.3) is 0 Å². The van der Waals surface area contributed by atoms with E-state index >= 15 is 0 Å². The summed E-state index contributed by atoms with van der Waals surface area (Å²) in [5.41, 5.74) is 15.6. The highest BCUT2D eigenvalue weighted by Crippen LogP contribution is 2.08. The monoisotopic (exact) mass is 488 g/mol. The van der Waals surface area contributed by atoms with Crippen molar-refractivity contribution in [2.24, 2.45) is 0 Å². The molecule has 0 aliphatic carbocycles. The number of furan rings is 2. The molecular weight excluding hydrogens is 464 g/mol. The molecule has 6 N–H and O–H groups in total. The van der Waals surface area contributed by atoms with Gasteiger partial charge >= 0.3 is 0 Å². The second-order valence-electron chi connectivity index (χ2n) is 7.97. The van der Waals surface area contributed by atoms with Crippen LogP contribution in [0, 0.1) is 0 Å². The molecule has 0 spiro atoms. The van der Waals surface area contributed by atoms with Crippen molar-refractivity contribution in [3.63, 3.8) is 0 Å². The number of hydrogen-bond acceptors (Lipinski definition) is 10. The Balaban J connectivity index is 0.000000148. The second-order valence-corrected chi connectivity index (χ2v) is 7.97. The molecule has 14 nitrogen and oxygen atoms in total. The van der Waals surface area contributed by atoms with Gasteiger partial charge in [0.05, 0.1) is 49.1 Å². The van der Waals surface area contributed by atoms with E-state index in [2.05, 4.69) is 40.6 Å². The lowest BCUT2D eigenvalue weighted by Gasteiger charge is -1.94. The van der Waals surface area contributed by atoms with Gasteiger partial charge in [-0.15, -0.1) is 10.2 Å². The molecule has 0 radical (unpaired) electrons. The van der Waals surface area contributed by atoms with Gasteiger partial charge < -0.3 is 30.3 Å². The van der Waals surface area contributed by atoms with Crippen LogP contribution >= 0.6 is 0 Å². The molecule has 0 fully saturated rings.